The van der Waals surface area contributed by atoms with Crippen LogP contribution in [0.25, 0.3) is 21.9 Å². The van der Waals surface area contributed by atoms with Crippen molar-refractivity contribution in [2.24, 2.45) is 0 Å². The van der Waals surface area contributed by atoms with Gasteiger partial charge in [-0.25, -0.2) is 4.79 Å². The van der Waals surface area contributed by atoms with E-state index in [0.29, 0.717) is 6.54 Å². The molecule has 0 saturated heterocycles. The van der Waals surface area contributed by atoms with E-state index in [1.165, 1.54) is 0 Å². The molecule has 2 heterocycles. The van der Waals surface area contributed by atoms with Gasteiger partial charge in [-0.3, -0.25) is 13.9 Å². The lowest BCUT2D eigenvalue weighted by Crippen LogP contribution is -2.25. The highest BCUT2D eigenvalue weighted by Crippen LogP contribution is 2.25. The Morgan fingerprint density at radius 1 is 1.07 bits per heavy atom. The van der Waals surface area contributed by atoms with E-state index in [4.69, 9.17) is 5.11 Å². The average molecular weight is 363 g/mol. The van der Waals surface area contributed by atoms with Gasteiger partial charge >= 0.3 is 11.7 Å². The molecule has 0 fully saturated rings. The Labute approximate surface area is 155 Å². The molecule has 2 aromatic heterocycles. The van der Waals surface area contributed by atoms with Crippen LogP contribution in [0.3, 0.4) is 0 Å². The van der Waals surface area contributed by atoms with E-state index < -0.39 is 5.97 Å². The number of carboxylic acids is 1. The minimum atomic E-state index is -0.914. The van der Waals surface area contributed by atoms with E-state index in [1.54, 1.807) is 9.13 Å². The van der Waals surface area contributed by atoms with Gasteiger partial charge in [-0.2, -0.15) is 0 Å². The number of rotatable bonds is 5. The van der Waals surface area contributed by atoms with Gasteiger partial charge in [-0.05, 0) is 42.7 Å². The first-order valence-electron chi connectivity index (χ1n) is 8.93. The first-order valence-corrected chi connectivity index (χ1v) is 8.93. The smallest absolute Gasteiger partial charge is 0.329 e. The predicted octanol–water partition coefficient (Wildman–Crippen LogP) is 3.42. The number of aromatic amines is 1. The Morgan fingerprint density at radius 3 is 2.59 bits per heavy atom. The molecule has 0 unspecified atom stereocenters. The minimum Gasteiger partial charge on any atom is -0.481 e. The van der Waals surface area contributed by atoms with Crippen molar-refractivity contribution in [3.63, 3.8) is 0 Å². The van der Waals surface area contributed by atoms with Crippen LogP contribution in [0.5, 0.6) is 0 Å². The van der Waals surface area contributed by atoms with Gasteiger partial charge in [0.15, 0.2) is 0 Å². The summed E-state index contributed by atoms with van der Waals surface area (Å²) in [4.78, 5) is 27.4. The van der Waals surface area contributed by atoms with Crippen molar-refractivity contribution in [3.8, 4) is 0 Å². The van der Waals surface area contributed by atoms with Crippen molar-refractivity contribution in [1.29, 1.82) is 0 Å². The molecule has 4 rings (SSSR count). The van der Waals surface area contributed by atoms with Crippen LogP contribution < -0.4 is 5.69 Å². The number of hydrogen-bond donors (Lipinski definition) is 2. The molecule has 0 atom stereocenters. The Bertz CT molecular complexity index is 1230. The molecular formula is C21H21N3O3. The minimum absolute atomic E-state index is 0.0842. The van der Waals surface area contributed by atoms with Crippen LogP contribution in [0.1, 0.15) is 23.1 Å². The average Bonchev–Trinajstić information content (AvgIpc) is 3.15. The summed E-state index contributed by atoms with van der Waals surface area (Å²) < 4.78 is 3.32. The van der Waals surface area contributed by atoms with Crippen molar-refractivity contribution in [2.45, 2.75) is 33.4 Å². The van der Waals surface area contributed by atoms with Crippen LogP contribution in [-0.2, 0) is 17.9 Å². The first kappa shape index (κ1) is 17.1. The normalized spacial score (nSPS) is 11.5. The van der Waals surface area contributed by atoms with Crippen LogP contribution >= 0.6 is 0 Å². The second-order valence-electron chi connectivity index (χ2n) is 6.92. The van der Waals surface area contributed by atoms with E-state index in [2.05, 4.69) is 18.0 Å². The number of nitrogens with one attached hydrogen (secondary N) is 1. The SMILES string of the molecule is Cc1cccc2[nH]cc(Cn3c(=O)n(CCC(=O)O)c4cccc(C)c43)c12. The second kappa shape index (κ2) is 6.46. The number of fused-ring (bicyclic) bond motifs is 2. The molecule has 2 aromatic carbocycles. The van der Waals surface area contributed by atoms with Gasteiger partial charge in [0.05, 0.1) is 24.0 Å². The summed E-state index contributed by atoms with van der Waals surface area (Å²) in [6.45, 7) is 4.63. The molecule has 0 aliphatic heterocycles. The highest BCUT2D eigenvalue weighted by Gasteiger charge is 2.17. The fraction of sp³-hybridized carbons (Fsp3) is 0.238. The summed E-state index contributed by atoms with van der Waals surface area (Å²) in [5.41, 5.74) is 5.70. The zero-order valence-corrected chi connectivity index (χ0v) is 15.3. The number of carboxylic acid groups (broad SMARTS) is 1. The number of nitrogens with zero attached hydrogens (tertiary/aromatic N) is 2. The third kappa shape index (κ3) is 2.83. The third-order valence-corrected chi connectivity index (χ3v) is 5.11. The lowest BCUT2D eigenvalue weighted by Gasteiger charge is -2.06. The van der Waals surface area contributed by atoms with Crippen LogP contribution in [0.4, 0.5) is 0 Å². The lowest BCUT2D eigenvalue weighted by atomic mass is 10.1. The number of carbonyl (C=O) groups is 1. The Hall–Kier alpha value is -3.28. The fourth-order valence-corrected chi connectivity index (χ4v) is 3.87. The largest absolute Gasteiger partial charge is 0.481 e. The van der Waals surface area contributed by atoms with Crippen LogP contribution in [0.2, 0.25) is 0 Å². The number of aromatic nitrogens is 3. The highest BCUT2D eigenvalue weighted by atomic mass is 16.4. The molecule has 0 radical (unpaired) electrons. The maximum Gasteiger partial charge on any atom is 0.329 e. The summed E-state index contributed by atoms with van der Waals surface area (Å²) in [5.74, 6) is -0.914. The molecule has 0 saturated carbocycles. The number of benzene rings is 2. The highest BCUT2D eigenvalue weighted by molar-refractivity contribution is 5.87. The van der Waals surface area contributed by atoms with Crippen LogP contribution in [0, 0.1) is 13.8 Å². The van der Waals surface area contributed by atoms with Crippen molar-refractivity contribution >= 4 is 27.9 Å². The molecule has 0 amide bonds. The van der Waals surface area contributed by atoms with Crippen LogP contribution in [0.15, 0.2) is 47.4 Å². The standard InChI is InChI=1S/C21H21N3O3/c1-13-5-3-7-16-19(13)15(11-22-16)12-24-20-14(2)6-4-8-17(20)23(21(24)27)10-9-18(25)26/h3-8,11,22H,9-10,12H2,1-2H3,(H,25,26). The summed E-state index contributed by atoms with van der Waals surface area (Å²) in [7, 11) is 0. The van der Waals surface area contributed by atoms with Crippen molar-refractivity contribution in [1.82, 2.24) is 14.1 Å². The summed E-state index contributed by atoms with van der Waals surface area (Å²) in [6, 6.07) is 11.8. The van der Waals surface area contributed by atoms with E-state index in [0.717, 1.165) is 38.6 Å². The number of hydrogen-bond acceptors (Lipinski definition) is 2. The Balaban J connectivity index is 1.89. The van der Waals surface area contributed by atoms with Gasteiger partial charge in [0.25, 0.3) is 0 Å². The monoisotopic (exact) mass is 363 g/mol. The molecule has 4 aromatic rings. The van der Waals surface area contributed by atoms with Gasteiger partial charge in [-0.15, -0.1) is 0 Å². The molecule has 0 bridgehead atoms. The van der Waals surface area contributed by atoms with Crippen molar-refractivity contribution < 1.29 is 9.90 Å². The topological polar surface area (TPSA) is 80.0 Å². The van der Waals surface area contributed by atoms with E-state index in [9.17, 15) is 9.59 Å². The second-order valence-corrected chi connectivity index (χ2v) is 6.92. The molecule has 2 N–H and O–H groups in total. The molecule has 0 aliphatic rings. The van der Waals surface area contributed by atoms with Crippen molar-refractivity contribution in [2.75, 3.05) is 0 Å². The number of imidazole rings is 1. The van der Waals surface area contributed by atoms with Gasteiger partial charge in [0, 0.05) is 23.6 Å². The van der Waals surface area contributed by atoms with Gasteiger partial charge in [-0.1, -0.05) is 24.3 Å². The maximum atomic E-state index is 13.1. The number of aryl methyl sites for hydroxylation is 3. The number of para-hydroxylation sites is 1. The summed E-state index contributed by atoms with van der Waals surface area (Å²) in [6.07, 6.45) is 1.86. The van der Waals surface area contributed by atoms with E-state index in [1.807, 2.05) is 43.5 Å². The van der Waals surface area contributed by atoms with Crippen molar-refractivity contribution in [3.05, 3.63) is 69.8 Å². The molecule has 27 heavy (non-hydrogen) atoms. The van der Waals surface area contributed by atoms with Gasteiger partial charge in [0.1, 0.15) is 0 Å². The lowest BCUT2D eigenvalue weighted by molar-refractivity contribution is -0.137. The molecule has 0 spiro atoms. The molecule has 0 aliphatic carbocycles. The Morgan fingerprint density at radius 2 is 1.81 bits per heavy atom. The van der Waals surface area contributed by atoms with E-state index in [-0.39, 0.29) is 18.7 Å². The van der Waals surface area contributed by atoms with Gasteiger partial charge < -0.3 is 10.1 Å². The third-order valence-electron chi connectivity index (χ3n) is 5.11. The zero-order valence-electron chi connectivity index (χ0n) is 15.3. The summed E-state index contributed by atoms with van der Waals surface area (Å²) in [5, 5.41) is 10.2. The fourth-order valence-electron chi connectivity index (χ4n) is 3.87. The molecule has 138 valence electrons. The quantitative estimate of drug-likeness (QED) is 0.570. The molecule has 6 heteroatoms. The zero-order chi connectivity index (χ0) is 19.1. The molecule has 6 nitrogen and oxygen atoms in total. The first-order chi connectivity index (χ1) is 13.0. The Kier molecular flexibility index (Phi) is 4.11. The number of H-pyrrole nitrogens is 1. The predicted molar refractivity (Wildman–Crippen MR) is 105 cm³/mol. The summed E-state index contributed by atoms with van der Waals surface area (Å²) >= 11 is 0. The molecular weight excluding hydrogens is 342 g/mol. The number of aliphatic carboxylic acids is 1. The van der Waals surface area contributed by atoms with Crippen LogP contribution in [-0.4, -0.2) is 25.2 Å². The maximum absolute atomic E-state index is 13.1. The van der Waals surface area contributed by atoms with E-state index >= 15 is 0 Å². The van der Waals surface area contributed by atoms with Gasteiger partial charge in [0.2, 0.25) is 0 Å².